The molecule has 10 heteroatoms. The number of rotatable bonds is 8. The summed E-state index contributed by atoms with van der Waals surface area (Å²) in [4.78, 5) is 27.5. The molecule has 1 heterocycles. The van der Waals surface area contributed by atoms with Crippen molar-refractivity contribution in [2.24, 2.45) is 0 Å². The van der Waals surface area contributed by atoms with Crippen LogP contribution < -0.4 is 4.74 Å². The topological polar surface area (TPSA) is 96.5 Å². The number of piperazine rings is 1. The van der Waals surface area contributed by atoms with Crippen molar-refractivity contribution >= 4 is 22.0 Å². The van der Waals surface area contributed by atoms with E-state index in [-0.39, 0.29) is 30.0 Å². The van der Waals surface area contributed by atoms with Crippen molar-refractivity contribution in [3.63, 3.8) is 0 Å². The van der Waals surface area contributed by atoms with E-state index in [0.717, 1.165) is 5.56 Å². The van der Waals surface area contributed by atoms with Crippen molar-refractivity contribution in [1.82, 2.24) is 14.1 Å². The molecule has 0 radical (unpaired) electrons. The first-order valence-corrected chi connectivity index (χ1v) is 12.2. The zero-order valence-electron chi connectivity index (χ0n) is 18.8. The third-order valence-electron chi connectivity index (χ3n) is 5.30. The van der Waals surface area contributed by atoms with E-state index in [1.165, 1.54) is 35.6 Å². The highest BCUT2D eigenvalue weighted by molar-refractivity contribution is 7.89. The van der Waals surface area contributed by atoms with Crippen LogP contribution in [0.4, 0.5) is 4.79 Å². The number of benzene rings is 2. The van der Waals surface area contributed by atoms with Gasteiger partial charge in [-0.1, -0.05) is 30.3 Å². The lowest BCUT2D eigenvalue weighted by atomic mass is 10.2. The van der Waals surface area contributed by atoms with Crippen LogP contribution in [0.5, 0.6) is 5.75 Å². The Morgan fingerprint density at radius 3 is 2.15 bits per heavy atom. The van der Waals surface area contributed by atoms with Crippen LogP contribution in [0, 0.1) is 0 Å². The second kappa shape index (κ2) is 11.2. The normalized spacial score (nSPS) is 14.3. The second-order valence-electron chi connectivity index (χ2n) is 7.57. The zero-order chi connectivity index (χ0) is 23.8. The first kappa shape index (κ1) is 24.5. The number of nitrogens with zero attached hydrogens (tertiary/aromatic N) is 3. The van der Waals surface area contributed by atoms with Crippen LogP contribution >= 0.6 is 0 Å². The van der Waals surface area contributed by atoms with Crippen LogP contribution in [-0.4, -0.2) is 81.0 Å². The molecule has 1 saturated heterocycles. The molecule has 1 aliphatic heterocycles. The lowest BCUT2D eigenvalue weighted by Gasteiger charge is -2.33. The number of ether oxygens (including phenoxy) is 2. The van der Waals surface area contributed by atoms with Crippen LogP contribution in [0.3, 0.4) is 0 Å². The van der Waals surface area contributed by atoms with E-state index in [9.17, 15) is 18.0 Å². The van der Waals surface area contributed by atoms with Crippen molar-refractivity contribution < 1.29 is 27.5 Å². The molecule has 3 rings (SSSR count). The smallest absolute Gasteiger partial charge is 0.409 e. The molecule has 0 bridgehead atoms. The largest absolute Gasteiger partial charge is 0.484 e. The zero-order valence-corrected chi connectivity index (χ0v) is 19.7. The van der Waals surface area contributed by atoms with E-state index in [1.54, 1.807) is 16.7 Å². The molecule has 2 aromatic rings. The van der Waals surface area contributed by atoms with Crippen LogP contribution in [-0.2, 0) is 26.1 Å². The van der Waals surface area contributed by atoms with Gasteiger partial charge in [-0.15, -0.1) is 0 Å². The SMILES string of the molecule is CCOC(=O)N1CCN(C(=O)COc2ccc(S(=O)(=O)N(C)Cc3ccccc3)cc2)CC1. The van der Waals surface area contributed by atoms with Gasteiger partial charge in [-0.25, -0.2) is 13.2 Å². The van der Waals surface area contributed by atoms with Gasteiger partial charge >= 0.3 is 6.09 Å². The van der Waals surface area contributed by atoms with Crippen LogP contribution in [0.2, 0.25) is 0 Å². The number of sulfonamides is 1. The quantitative estimate of drug-likeness (QED) is 0.581. The predicted molar refractivity (Wildman–Crippen MR) is 122 cm³/mol. The van der Waals surface area contributed by atoms with E-state index in [4.69, 9.17) is 9.47 Å². The Bertz CT molecular complexity index is 1040. The van der Waals surface area contributed by atoms with Crippen LogP contribution in [0.25, 0.3) is 0 Å². The van der Waals surface area contributed by atoms with Gasteiger partial charge in [-0.2, -0.15) is 4.31 Å². The summed E-state index contributed by atoms with van der Waals surface area (Å²) in [5.74, 6) is 0.205. The minimum atomic E-state index is -3.66. The summed E-state index contributed by atoms with van der Waals surface area (Å²) < 4.78 is 37.5. The first-order valence-electron chi connectivity index (χ1n) is 10.7. The predicted octanol–water partition coefficient (Wildman–Crippen LogP) is 2.19. The van der Waals surface area contributed by atoms with Gasteiger partial charge in [0.05, 0.1) is 11.5 Å². The van der Waals surface area contributed by atoms with Gasteiger partial charge in [-0.05, 0) is 36.8 Å². The second-order valence-corrected chi connectivity index (χ2v) is 9.62. The average molecular weight is 476 g/mol. The Morgan fingerprint density at radius 1 is 0.939 bits per heavy atom. The number of carbonyl (C=O) groups is 2. The monoisotopic (exact) mass is 475 g/mol. The number of carbonyl (C=O) groups excluding carboxylic acids is 2. The molecule has 0 N–H and O–H groups in total. The number of amides is 2. The molecule has 178 valence electrons. The molecule has 0 spiro atoms. The third-order valence-corrected chi connectivity index (χ3v) is 7.12. The Labute approximate surface area is 194 Å². The maximum absolute atomic E-state index is 12.8. The summed E-state index contributed by atoms with van der Waals surface area (Å²) in [6, 6.07) is 15.4. The number of hydrogen-bond donors (Lipinski definition) is 0. The maximum atomic E-state index is 12.8. The standard InChI is InChI=1S/C23H29N3O6S/c1-3-31-23(28)26-15-13-25(14-16-26)22(27)18-32-20-9-11-21(12-10-20)33(29,30)24(2)17-19-7-5-4-6-8-19/h4-12H,3,13-18H2,1-2H3. The Hall–Kier alpha value is -3.11. The Balaban J connectivity index is 1.50. The summed E-state index contributed by atoms with van der Waals surface area (Å²) in [6.07, 6.45) is -0.370. The van der Waals surface area contributed by atoms with Gasteiger partial charge in [0.1, 0.15) is 5.75 Å². The highest BCUT2D eigenvalue weighted by Gasteiger charge is 2.25. The molecule has 0 aliphatic carbocycles. The third kappa shape index (κ3) is 6.45. The van der Waals surface area contributed by atoms with Crippen LogP contribution in [0.1, 0.15) is 12.5 Å². The van der Waals surface area contributed by atoms with E-state index in [2.05, 4.69) is 0 Å². The Kier molecular flexibility index (Phi) is 8.29. The van der Waals surface area contributed by atoms with Crippen molar-refractivity contribution in [2.45, 2.75) is 18.4 Å². The minimum Gasteiger partial charge on any atom is -0.484 e. The van der Waals surface area contributed by atoms with Gasteiger partial charge in [-0.3, -0.25) is 4.79 Å². The minimum absolute atomic E-state index is 0.148. The fraction of sp³-hybridized carbons (Fsp3) is 0.391. The molecule has 1 aliphatic rings. The molecule has 0 saturated carbocycles. The van der Waals surface area contributed by atoms with Crippen molar-refractivity contribution in [2.75, 3.05) is 46.4 Å². The molecular weight excluding hydrogens is 446 g/mol. The Morgan fingerprint density at radius 2 is 1.55 bits per heavy atom. The lowest BCUT2D eigenvalue weighted by Crippen LogP contribution is -2.51. The molecule has 33 heavy (non-hydrogen) atoms. The van der Waals surface area contributed by atoms with Gasteiger partial charge < -0.3 is 19.3 Å². The summed E-state index contributed by atoms with van der Waals surface area (Å²) in [7, 11) is -2.12. The van der Waals surface area contributed by atoms with E-state index in [0.29, 0.717) is 38.5 Å². The van der Waals surface area contributed by atoms with E-state index >= 15 is 0 Å². The molecule has 1 fully saturated rings. The molecular formula is C23H29N3O6S. The lowest BCUT2D eigenvalue weighted by molar-refractivity contribution is -0.134. The summed E-state index contributed by atoms with van der Waals surface area (Å²) >= 11 is 0. The van der Waals surface area contributed by atoms with E-state index < -0.39 is 10.0 Å². The fourth-order valence-electron chi connectivity index (χ4n) is 3.40. The molecule has 0 aromatic heterocycles. The summed E-state index contributed by atoms with van der Waals surface area (Å²) in [5.41, 5.74) is 0.894. The molecule has 0 unspecified atom stereocenters. The first-order chi connectivity index (χ1) is 15.8. The molecule has 2 amide bonds. The van der Waals surface area contributed by atoms with Gasteiger partial charge in [0.2, 0.25) is 10.0 Å². The van der Waals surface area contributed by atoms with Crippen molar-refractivity contribution in [3.8, 4) is 5.75 Å². The maximum Gasteiger partial charge on any atom is 0.409 e. The van der Waals surface area contributed by atoms with Gasteiger partial charge in [0.15, 0.2) is 6.61 Å². The highest BCUT2D eigenvalue weighted by Crippen LogP contribution is 2.20. The molecule has 0 atom stereocenters. The van der Waals surface area contributed by atoms with E-state index in [1.807, 2.05) is 30.3 Å². The summed E-state index contributed by atoms with van der Waals surface area (Å²) in [5, 5.41) is 0. The van der Waals surface area contributed by atoms with Gasteiger partial charge in [0, 0.05) is 39.8 Å². The van der Waals surface area contributed by atoms with Crippen molar-refractivity contribution in [3.05, 3.63) is 60.2 Å². The van der Waals surface area contributed by atoms with Crippen molar-refractivity contribution in [1.29, 1.82) is 0 Å². The number of hydrogen-bond acceptors (Lipinski definition) is 6. The average Bonchev–Trinajstić information content (AvgIpc) is 2.83. The molecule has 2 aromatic carbocycles. The van der Waals surface area contributed by atoms with Crippen LogP contribution in [0.15, 0.2) is 59.5 Å². The van der Waals surface area contributed by atoms with Gasteiger partial charge in [0.25, 0.3) is 5.91 Å². The fourth-order valence-corrected chi connectivity index (χ4v) is 4.56. The summed E-state index contributed by atoms with van der Waals surface area (Å²) in [6.45, 7) is 3.80. The molecule has 9 nitrogen and oxygen atoms in total. The highest BCUT2D eigenvalue weighted by atomic mass is 32.2.